The summed E-state index contributed by atoms with van der Waals surface area (Å²) < 4.78 is 0. The molecule has 0 radical (unpaired) electrons. The number of rotatable bonds is 3. The molecule has 0 bridgehead atoms. The lowest BCUT2D eigenvalue weighted by Crippen LogP contribution is -1.82. The third kappa shape index (κ3) is 28.3. The van der Waals surface area contributed by atoms with Gasteiger partial charge in [0.05, 0.1) is 0 Å². The van der Waals surface area contributed by atoms with Gasteiger partial charge >= 0.3 is 5.97 Å². The molecule has 0 aromatic rings. The highest BCUT2D eigenvalue weighted by Gasteiger charge is 1.73. The molecule has 0 aliphatic heterocycles. The van der Waals surface area contributed by atoms with Gasteiger partial charge in [0.2, 0.25) is 0 Å². The molecule has 0 saturated heterocycles. The van der Waals surface area contributed by atoms with Crippen molar-refractivity contribution in [1.82, 2.24) is 0 Å². The number of carbonyl (C=O) groups is 1. The molecule has 0 aliphatic rings. The topological polar surface area (TPSA) is 37.3 Å². The monoisotopic (exact) mass is 142 g/mol. The van der Waals surface area contributed by atoms with Crippen LogP contribution in [-0.4, -0.2) is 11.1 Å². The molecule has 1 N–H and O–H groups in total. The lowest BCUT2D eigenvalue weighted by atomic mass is 10.3. The quantitative estimate of drug-likeness (QED) is 0.484. The predicted octanol–water partition coefficient (Wildman–Crippen LogP) is 2.23. The van der Waals surface area contributed by atoms with Gasteiger partial charge in [0.15, 0.2) is 0 Å². The van der Waals surface area contributed by atoms with Crippen LogP contribution in [0.15, 0.2) is 25.3 Å². The minimum atomic E-state index is -0.981. The normalized spacial score (nSPS) is 6.90. The standard InChI is InChI=1S/C5H10.C3H4O2/c1-3-5-4-2;1-2-3(4)5/h3H,1,4-5H2,2H3;2H,1H2,(H,4,5). The second-order valence-corrected chi connectivity index (χ2v) is 1.62. The zero-order valence-electron chi connectivity index (χ0n) is 6.34. The van der Waals surface area contributed by atoms with Crippen molar-refractivity contribution in [2.45, 2.75) is 19.8 Å². The third-order valence-corrected chi connectivity index (χ3v) is 0.667. The minimum Gasteiger partial charge on any atom is -0.478 e. The SMILES string of the molecule is C=CC(=O)O.C=CCCC. The van der Waals surface area contributed by atoms with Crippen LogP contribution in [0.1, 0.15) is 19.8 Å². The summed E-state index contributed by atoms with van der Waals surface area (Å²) in [5.74, 6) is -0.981. The van der Waals surface area contributed by atoms with E-state index in [9.17, 15) is 4.79 Å². The summed E-state index contributed by atoms with van der Waals surface area (Å²) in [6.07, 6.45) is 5.14. The molecule has 0 spiro atoms. The summed E-state index contributed by atoms with van der Waals surface area (Å²) in [5.41, 5.74) is 0. The molecule has 0 aliphatic carbocycles. The van der Waals surface area contributed by atoms with E-state index in [4.69, 9.17) is 5.11 Å². The molecular weight excluding hydrogens is 128 g/mol. The molecule has 0 fully saturated rings. The van der Waals surface area contributed by atoms with Gasteiger partial charge in [-0.2, -0.15) is 0 Å². The van der Waals surface area contributed by atoms with Crippen LogP contribution in [0.5, 0.6) is 0 Å². The first kappa shape index (κ1) is 11.7. The van der Waals surface area contributed by atoms with Crippen molar-refractivity contribution in [2.24, 2.45) is 0 Å². The van der Waals surface area contributed by atoms with Crippen LogP contribution in [0, 0.1) is 0 Å². The van der Waals surface area contributed by atoms with Gasteiger partial charge < -0.3 is 5.11 Å². The summed E-state index contributed by atoms with van der Waals surface area (Å²) in [4.78, 5) is 9.25. The van der Waals surface area contributed by atoms with E-state index < -0.39 is 5.97 Å². The van der Waals surface area contributed by atoms with E-state index in [0.29, 0.717) is 0 Å². The van der Waals surface area contributed by atoms with Crippen molar-refractivity contribution < 1.29 is 9.90 Å². The highest BCUT2D eigenvalue weighted by Crippen LogP contribution is 1.82. The van der Waals surface area contributed by atoms with Crippen molar-refractivity contribution in [3.8, 4) is 0 Å². The smallest absolute Gasteiger partial charge is 0.327 e. The van der Waals surface area contributed by atoms with Crippen LogP contribution in [0.2, 0.25) is 0 Å². The summed E-state index contributed by atoms with van der Waals surface area (Å²) in [6, 6.07) is 0. The van der Waals surface area contributed by atoms with Gasteiger partial charge in [-0.3, -0.25) is 0 Å². The molecule has 10 heavy (non-hydrogen) atoms. The minimum absolute atomic E-state index is 0.833. The van der Waals surface area contributed by atoms with Crippen molar-refractivity contribution >= 4 is 5.97 Å². The fourth-order valence-electron chi connectivity index (χ4n) is 0.204. The third-order valence-electron chi connectivity index (χ3n) is 0.667. The first-order valence-electron chi connectivity index (χ1n) is 3.15. The highest BCUT2D eigenvalue weighted by atomic mass is 16.4. The lowest BCUT2D eigenvalue weighted by molar-refractivity contribution is -0.131. The van der Waals surface area contributed by atoms with Crippen LogP contribution in [0.3, 0.4) is 0 Å². The summed E-state index contributed by atoms with van der Waals surface area (Å²) in [5, 5.41) is 7.60. The van der Waals surface area contributed by atoms with Crippen LogP contribution in [0.4, 0.5) is 0 Å². The fourth-order valence-corrected chi connectivity index (χ4v) is 0.204. The Labute approximate surface area is 61.9 Å². The van der Waals surface area contributed by atoms with Gasteiger partial charge in [-0.15, -0.1) is 6.58 Å². The lowest BCUT2D eigenvalue weighted by Gasteiger charge is -1.72. The fraction of sp³-hybridized carbons (Fsp3) is 0.375. The molecule has 2 nitrogen and oxygen atoms in total. The van der Waals surface area contributed by atoms with Gasteiger partial charge in [-0.05, 0) is 6.42 Å². The van der Waals surface area contributed by atoms with E-state index in [-0.39, 0.29) is 0 Å². The molecule has 58 valence electrons. The van der Waals surface area contributed by atoms with Crippen molar-refractivity contribution in [3.63, 3.8) is 0 Å². The van der Waals surface area contributed by atoms with E-state index in [1.54, 1.807) is 0 Å². The molecule has 0 rings (SSSR count). The van der Waals surface area contributed by atoms with Crippen molar-refractivity contribution in [3.05, 3.63) is 25.3 Å². The Balaban J connectivity index is 0. The van der Waals surface area contributed by atoms with Crippen LogP contribution >= 0.6 is 0 Å². The number of hydrogen-bond acceptors (Lipinski definition) is 1. The summed E-state index contributed by atoms with van der Waals surface area (Å²) in [7, 11) is 0. The Kier molecular flexibility index (Phi) is 12.7. The second-order valence-electron chi connectivity index (χ2n) is 1.62. The number of aliphatic carboxylic acids is 1. The first-order valence-corrected chi connectivity index (χ1v) is 3.15. The molecule has 2 heteroatoms. The average Bonchev–Trinajstić information content (AvgIpc) is 1.91. The second kappa shape index (κ2) is 10.8. The van der Waals surface area contributed by atoms with E-state index in [1.165, 1.54) is 6.42 Å². The predicted molar refractivity (Wildman–Crippen MR) is 42.9 cm³/mol. The van der Waals surface area contributed by atoms with Crippen LogP contribution < -0.4 is 0 Å². The molecule has 0 aromatic carbocycles. The number of carboxylic acids is 1. The Morgan fingerprint density at radius 2 is 2.00 bits per heavy atom. The highest BCUT2D eigenvalue weighted by molar-refractivity contribution is 5.78. The molecule has 0 atom stereocenters. The van der Waals surface area contributed by atoms with E-state index in [2.05, 4.69) is 20.1 Å². The molecule has 0 unspecified atom stereocenters. The Morgan fingerprint density at radius 1 is 1.60 bits per heavy atom. The number of unbranched alkanes of at least 4 members (excludes halogenated alkanes) is 1. The zero-order valence-corrected chi connectivity index (χ0v) is 6.34. The van der Waals surface area contributed by atoms with Crippen molar-refractivity contribution in [1.29, 1.82) is 0 Å². The van der Waals surface area contributed by atoms with Gasteiger partial charge in [-0.25, -0.2) is 4.79 Å². The number of allylic oxidation sites excluding steroid dienone is 1. The number of hydrogen-bond donors (Lipinski definition) is 1. The zero-order chi connectivity index (χ0) is 8.41. The first-order chi connectivity index (χ1) is 4.68. The van der Waals surface area contributed by atoms with Gasteiger partial charge in [-0.1, -0.05) is 26.0 Å². The van der Waals surface area contributed by atoms with Crippen molar-refractivity contribution in [2.75, 3.05) is 0 Å². The molecular formula is C8H14O2. The van der Waals surface area contributed by atoms with E-state index in [1.807, 2.05) is 6.08 Å². The van der Waals surface area contributed by atoms with Crippen LogP contribution in [-0.2, 0) is 4.79 Å². The molecule has 0 aromatic heterocycles. The molecule has 0 heterocycles. The molecule has 0 amide bonds. The average molecular weight is 142 g/mol. The maximum atomic E-state index is 9.25. The maximum absolute atomic E-state index is 9.25. The Bertz CT molecular complexity index is 106. The largest absolute Gasteiger partial charge is 0.478 e. The van der Waals surface area contributed by atoms with E-state index in [0.717, 1.165) is 12.5 Å². The van der Waals surface area contributed by atoms with E-state index >= 15 is 0 Å². The van der Waals surface area contributed by atoms with Gasteiger partial charge in [0.25, 0.3) is 0 Å². The maximum Gasteiger partial charge on any atom is 0.327 e. The Hall–Kier alpha value is -1.05. The van der Waals surface area contributed by atoms with Gasteiger partial charge in [0.1, 0.15) is 0 Å². The summed E-state index contributed by atoms with van der Waals surface area (Å²) in [6.45, 7) is 8.65. The Morgan fingerprint density at radius 3 is 2.00 bits per heavy atom. The van der Waals surface area contributed by atoms with Crippen LogP contribution in [0.25, 0.3) is 0 Å². The summed E-state index contributed by atoms with van der Waals surface area (Å²) >= 11 is 0. The number of carboxylic acid groups (broad SMARTS) is 1. The van der Waals surface area contributed by atoms with Gasteiger partial charge in [0, 0.05) is 6.08 Å². The molecule has 0 saturated carbocycles.